The maximum atomic E-state index is 13.5. The Morgan fingerprint density at radius 1 is 0.921 bits per heavy atom. The Kier molecular flexibility index (Phi) is 10.4. The molecule has 1 aliphatic heterocycles. The zero-order valence-corrected chi connectivity index (χ0v) is 21.7. The number of imide groups is 1. The summed E-state index contributed by atoms with van der Waals surface area (Å²) in [5.41, 5.74) is 5.93. The molecule has 38 heavy (non-hydrogen) atoms. The Bertz CT molecular complexity index is 1100. The van der Waals surface area contributed by atoms with Crippen LogP contribution >= 0.6 is 0 Å². The molecule has 3 atom stereocenters. The van der Waals surface area contributed by atoms with Gasteiger partial charge in [0.25, 0.3) is 5.91 Å². The number of carbonyl (C=O) groups is 4. The Labute approximate surface area is 222 Å². The lowest BCUT2D eigenvalue weighted by Gasteiger charge is -2.28. The Balaban J connectivity index is 1.77. The number of hydrogen-bond donors (Lipinski definition) is 4. The summed E-state index contributed by atoms with van der Waals surface area (Å²) in [6.07, 6.45) is 1.88. The van der Waals surface area contributed by atoms with Gasteiger partial charge < -0.3 is 10.0 Å². The van der Waals surface area contributed by atoms with E-state index in [4.69, 9.17) is 0 Å². The van der Waals surface area contributed by atoms with Crippen molar-refractivity contribution in [3.05, 3.63) is 71.8 Å². The lowest BCUT2D eigenvalue weighted by molar-refractivity contribution is -0.145. The summed E-state index contributed by atoms with van der Waals surface area (Å²) in [5.74, 6) is -3.90. The average Bonchev–Trinajstić information content (AvgIpc) is 3.14. The van der Waals surface area contributed by atoms with E-state index in [2.05, 4.69) is 5.43 Å². The van der Waals surface area contributed by atoms with Gasteiger partial charge in [-0.15, -0.1) is 0 Å². The van der Waals surface area contributed by atoms with Gasteiger partial charge in [0.2, 0.25) is 11.8 Å². The number of carbonyl (C=O) groups excluding carboxylic acids is 4. The normalized spacial score (nSPS) is 17.0. The van der Waals surface area contributed by atoms with Crippen molar-refractivity contribution in [2.24, 2.45) is 17.8 Å². The van der Waals surface area contributed by atoms with Crippen molar-refractivity contribution in [3.8, 4) is 0 Å². The number of benzene rings is 2. The molecule has 10 nitrogen and oxygen atoms in total. The first kappa shape index (κ1) is 28.8. The Morgan fingerprint density at radius 2 is 1.53 bits per heavy atom. The summed E-state index contributed by atoms with van der Waals surface area (Å²) in [5, 5.41) is 19.9. The van der Waals surface area contributed by atoms with Gasteiger partial charge in [0.15, 0.2) is 0 Å². The van der Waals surface area contributed by atoms with Crippen LogP contribution < -0.4 is 10.9 Å². The molecule has 0 spiro atoms. The van der Waals surface area contributed by atoms with Gasteiger partial charge >= 0.3 is 6.03 Å². The highest BCUT2D eigenvalue weighted by atomic mass is 16.5. The predicted octanol–water partition coefficient (Wildman–Crippen LogP) is 2.65. The highest BCUT2D eigenvalue weighted by Crippen LogP contribution is 2.27. The first-order chi connectivity index (χ1) is 18.3. The van der Waals surface area contributed by atoms with E-state index in [0.717, 1.165) is 11.1 Å². The third-order valence-electron chi connectivity index (χ3n) is 6.73. The van der Waals surface area contributed by atoms with Crippen LogP contribution in [-0.4, -0.2) is 56.6 Å². The minimum absolute atomic E-state index is 0.0126. The van der Waals surface area contributed by atoms with Gasteiger partial charge in [0, 0.05) is 6.54 Å². The lowest BCUT2D eigenvalue weighted by atomic mass is 9.81. The number of aryl methyl sites for hydroxylation is 1. The number of hydrazine groups is 1. The van der Waals surface area contributed by atoms with E-state index in [1.807, 2.05) is 50.2 Å². The standard InChI is InChI=1S/C28H36N4O6/c1-19(2)16-23(22(26(35)30-38)15-9-14-20-10-5-3-6-11-20)25(34)29-32-27(36)24(18-33)31(28(32)37)17-21-12-7-4-8-13-21/h3-8,10-13,19,22-24,33,38H,9,14-18H2,1-2H3,(H,29,34)(H,30,35)/t22-,23+,24?/m0/s1. The van der Waals surface area contributed by atoms with Crippen LogP contribution in [0, 0.1) is 17.8 Å². The highest BCUT2D eigenvalue weighted by Gasteiger charge is 2.47. The van der Waals surface area contributed by atoms with E-state index < -0.39 is 48.2 Å². The first-order valence-corrected chi connectivity index (χ1v) is 12.8. The molecule has 3 rings (SSSR count). The molecular formula is C28H36N4O6. The minimum atomic E-state index is -1.14. The Hall–Kier alpha value is -3.76. The van der Waals surface area contributed by atoms with Crippen LogP contribution in [0.1, 0.15) is 44.2 Å². The van der Waals surface area contributed by atoms with Crippen molar-refractivity contribution in [3.63, 3.8) is 0 Å². The molecule has 5 amide bonds. The van der Waals surface area contributed by atoms with Crippen molar-refractivity contribution in [1.82, 2.24) is 20.8 Å². The number of aliphatic hydroxyl groups excluding tert-OH is 1. The van der Waals surface area contributed by atoms with Crippen molar-refractivity contribution >= 4 is 23.8 Å². The van der Waals surface area contributed by atoms with Crippen molar-refractivity contribution in [2.45, 2.75) is 52.1 Å². The molecule has 2 aromatic rings. The molecule has 10 heteroatoms. The third-order valence-corrected chi connectivity index (χ3v) is 6.73. The molecule has 0 saturated carbocycles. The average molecular weight is 525 g/mol. The van der Waals surface area contributed by atoms with Gasteiger partial charge in [-0.2, -0.15) is 5.01 Å². The number of hydroxylamine groups is 1. The second-order valence-corrected chi connectivity index (χ2v) is 9.94. The largest absolute Gasteiger partial charge is 0.394 e. The monoisotopic (exact) mass is 524 g/mol. The molecule has 204 valence electrons. The quantitative estimate of drug-likeness (QED) is 0.181. The van der Waals surface area contributed by atoms with E-state index in [0.29, 0.717) is 30.7 Å². The predicted molar refractivity (Wildman–Crippen MR) is 139 cm³/mol. The van der Waals surface area contributed by atoms with Gasteiger partial charge in [0.1, 0.15) is 6.04 Å². The lowest BCUT2D eigenvalue weighted by Crippen LogP contribution is -2.51. The number of urea groups is 1. The molecule has 1 unspecified atom stereocenters. The molecule has 4 N–H and O–H groups in total. The number of hydrogen-bond acceptors (Lipinski definition) is 6. The minimum Gasteiger partial charge on any atom is -0.394 e. The topological polar surface area (TPSA) is 139 Å². The molecule has 0 radical (unpaired) electrons. The van der Waals surface area contributed by atoms with Gasteiger partial charge in [-0.1, -0.05) is 74.5 Å². The fourth-order valence-corrected chi connectivity index (χ4v) is 4.80. The summed E-state index contributed by atoms with van der Waals surface area (Å²) in [4.78, 5) is 53.5. The van der Waals surface area contributed by atoms with Gasteiger partial charge in [0.05, 0.1) is 18.4 Å². The summed E-state index contributed by atoms with van der Waals surface area (Å²) < 4.78 is 0. The smallest absolute Gasteiger partial charge is 0.347 e. The second-order valence-electron chi connectivity index (χ2n) is 9.94. The van der Waals surface area contributed by atoms with Crippen molar-refractivity contribution in [2.75, 3.05) is 6.61 Å². The molecule has 0 bridgehead atoms. The van der Waals surface area contributed by atoms with Crippen LogP contribution in [0.3, 0.4) is 0 Å². The SMILES string of the molecule is CC(C)C[C@@H](C(=O)NN1C(=O)C(CO)N(Cc2ccccc2)C1=O)[C@H](CCCc1ccccc1)C(=O)NO. The van der Waals surface area contributed by atoms with E-state index in [1.54, 1.807) is 29.7 Å². The molecule has 1 aliphatic rings. The first-order valence-electron chi connectivity index (χ1n) is 12.8. The fourth-order valence-electron chi connectivity index (χ4n) is 4.80. The van der Waals surface area contributed by atoms with Crippen LogP contribution in [-0.2, 0) is 27.3 Å². The molecule has 1 heterocycles. The van der Waals surface area contributed by atoms with E-state index in [-0.39, 0.29) is 12.5 Å². The van der Waals surface area contributed by atoms with Gasteiger partial charge in [-0.3, -0.25) is 25.0 Å². The second kappa shape index (κ2) is 13.7. The molecule has 0 aliphatic carbocycles. The number of nitrogens with one attached hydrogen (secondary N) is 2. The molecule has 0 aromatic heterocycles. The van der Waals surface area contributed by atoms with Crippen LogP contribution in [0.25, 0.3) is 0 Å². The summed E-state index contributed by atoms with van der Waals surface area (Å²) in [6, 6.07) is 16.8. The summed E-state index contributed by atoms with van der Waals surface area (Å²) in [7, 11) is 0. The fraction of sp³-hybridized carbons (Fsp3) is 0.429. The summed E-state index contributed by atoms with van der Waals surface area (Å²) >= 11 is 0. The number of rotatable bonds is 13. The van der Waals surface area contributed by atoms with E-state index in [9.17, 15) is 29.5 Å². The number of amides is 5. The zero-order chi connectivity index (χ0) is 27.7. The highest BCUT2D eigenvalue weighted by molar-refractivity contribution is 6.05. The van der Waals surface area contributed by atoms with Crippen molar-refractivity contribution < 1.29 is 29.5 Å². The maximum absolute atomic E-state index is 13.5. The van der Waals surface area contributed by atoms with Crippen LogP contribution in [0.4, 0.5) is 4.79 Å². The molecule has 2 aromatic carbocycles. The molecule has 1 saturated heterocycles. The molecular weight excluding hydrogens is 488 g/mol. The number of aliphatic hydroxyl groups is 1. The third kappa shape index (κ3) is 7.17. The number of nitrogens with zero attached hydrogens (tertiary/aromatic N) is 2. The maximum Gasteiger partial charge on any atom is 0.347 e. The Morgan fingerprint density at radius 3 is 2.08 bits per heavy atom. The van der Waals surface area contributed by atoms with Crippen LogP contribution in [0.2, 0.25) is 0 Å². The van der Waals surface area contributed by atoms with Gasteiger partial charge in [-0.25, -0.2) is 10.3 Å². The van der Waals surface area contributed by atoms with E-state index >= 15 is 0 Å². The summed E-state index contributed by atoms with van der Waals surface area (Å²) in [6.45, 7) is 3.27. The van der Waals surface area contributed by atoms with Crippen LogP contribution in [0.5, 0.6) is 0 Å². The zero-order valence-electron chi connectivity index (χ0n) is 21.7. The van der Waals surface area contributed by atoms with Crippen LogP contribution in [0.15, 0.2) is 60.7 Å². The van der Waals surface area contributed by atoms with Crippen molar-refractivity contribution in [1.29, 1.82) is 0 Å². The molecule has 1 fully saturated rings. The van der Waals surface area contributed by atoms with E-state index in [1.165, 1.54) is 4.90 Å². The van der Waals surface area contributed by atoms with Gasteiger partial charge in [-0.05, 0) is 42.7 Å².